The molecular formula is C18H17Cl2FN2O2. The first kappa shape index (κ1) is 18.0. The average molecular weight is 383 g/mol. The third-order valence-electron chi connectivity index (χ3n) is 4.09. The van der Waals surface area contributed by atoms with E-state index < -0.39 is 12.1 Å². The highest BCUT2D eigenvalue weighted by Gasteiger charge is 2.28. The van der Waals surface area contributed by atoms with Crippen LogP contribution in [0.5, 0.6) is 0 Å². The number of carbonyl (C=O) groups excluding carboxylic acids is 1. The van der Waals surface area contributed by atoms with Gasteiger partial charge in [-0.05, 0) is 43.0 Å². The van der Waals surface area contributed by atoms with Crippen molar-refractivity contribution >= 4 is 34.7 Å². The van der Waals surface area contributed by atoms with E-state index in [1.54, 1.807) is 29.9 Å². The number of fused-ring (bicyclic) bond motifs is 1. The maximum atomic E-state index is 14.5. The van der Waals surface area contributed by atoms with Gasteiger partial charge in [0.25, 0.3) is 0 Å². The van der Waals surface area contributed by atoms with E-state index in [0.717, 1.165) is 11.1 Å². The maximum Gasteiger partial charge on any atom is 0.331 e. The van der Waals surface area contributed by atoms with Crippen LogP contribution in [0.15, 0.2) is 30.5 Å². The molecule has 0 amide bonds. The molecule has 0 saturated heterocycles. The Morgan fingerprint density at radius 2 is 2.28 bits per heavy atom. The number of esters is 1. The number of carbonyl (C=O) groups is 1. The molecule has 0 aliphatic heterocycles. The number of nitrogens with zero attached hydrogens (tertiary/aromatic N) is 2. The van der Waals surface area contributed by atoms with E-state index in [1.807, 2.05) is 6.07 Å². The number of hydrogen-bond donors (Lipinski definition) is 0. The van der Waals surface area contributed by atoms with Crippen LogP contribution in [0.2, 0.25) is 10.0 Å². The lowest BCUT2D eigenvalue weighted by atomic mass is 9.91. The number of rotatable bonds is 4. The molecule has 1 aliphatic carbocycles. The molecule has 0 bridgehead atoms. The van der Waals surface area contributed by atoms with E-state index in [0.29, 0.717) is 40.7 Å². The predicted octanol–water partition coefficient (Wildman–Crippen LogP) is 4.47. The number of aromatic nitrogens is 2. The highest BCUT2D eigenvalue weighted by molar-refractivity contribution is 6.35. The van der Waals surface area contributed by atoms with Crippen LogP contribution in [0, 0.1) is 0 Å². The molecule has 4 nitrogen and oxygen atoms in total. The van der Waals surface area contributed by atoms with Crippen molar-refractivity contribution in [3.8, 4) is 0 Å². The summed E-state index contributed by atoms with van der Waals surface area (Å²) >= 11 is 12.2. The van der Waals surface area contributed by atoms with Crippen molar-refractivity contribution in [2.75, 3.05) is 6.61 Å². The molecule has 0 fully saturated rings. The Labute approximate surface area is 155 Å². The molecule has 2 aromatic rings. The zero-order chi connectivity index (χ0) is 18.0. The Kier molecular flexibility index (Phi) is 5.45. The van der Waals surface area contributed by atoms with E-state index in [1.165, 1.54) is 6.08 Å². The summed E-state index contributed by atoms with van der Waals surface area (Å²) in [5, 5.41) is 5.42. The number of halogens is 3. The van der Waals surface area contributed by atoms with E-state index in [-0.39, 0.29) is 6.61 Å². The number of allylic oxidation sites excluding steroid dienone is 1. The van der Waals surface area contributed by atoms with Gasteiger partial charge in [-0.25, -0.2) is 9.18 Å². The van der Waals surface area contributed by atoms with Gasteiger partial charge in [0.2, 0.25) is 0 Å². The minimum absolute atomic E-state index is 0.242. The number of ether oxygens (including phenoxy) is 1. The second kappa shape index (κ2) is 7.58. The van der Waals surface area contributed by atoms with Crippen molar-refractivity contribution in [1.82, 2.24) is 9.78 Å². The van der Waals surface area contributed by atoms with Crippen molar-refractivity contribution in [3.63, 3.8) is 0 Å². The van der Waals surface area contributed by atoms with Crippen LogP contribution in [0.1, 0.15) is 30.2 Å². The lowest BCUT2D eigenvalue weighted by Crippen LogP contribution is -2.19. The van der Waals surface area contributed by atoms with Crippen molar-refractivity contribution in [3.05, 3.63) is 57.3 Å². The molecule has 132 valence electrons. The molecule has 1 atom stereocenters. The molecule has 1 aromatic heterocycles. The van der Waals surface area contributed by atoms with Gasteiger partial charge >= 0.3 is 5.97 Å². The van der Waals surface area contributed by atoms with Gasteiger partial charge in [-0.3, -0.25) is 4.68 Å². The summed E-state index contributed by atoms with van der Waals surface area (Å²) in [5.41, 5.74) is 2.66. The molecule has 0 spiro atoms. The number of aryl methyl sites for hydroxylation is 1. The molecule has 1 aromatic carbocycles. The maximum absolute atomic E-state index is 14.5. The third-order valence-corrected chi connectivity index (χ3v) is 4.68. The molecule has 1 unspecified atom stereocenters. The van der Waals surface area contributed by atoms with E-state index in [4.69, 9.17) is 27.9 Å². The number of alkyl halides is 1. The van der Waals surface area contributed by atoms with Crippen LogP contribution in [-0.4, -0.2) is 28.5 Å². The summed E-state index contributed by atoms with van der Waals surface area (Å²) < 4.78 is 21.1. The van der Waals surface area contributed by atoms with Gasteiger partial charge in [0.05, 0.1) is 25.0 Å². The van der Waals surface area contributed by atoms with Crippen LogP contribution in [0.25, 0.3) is 5.57 Å². The third kappa shape index (κ3) is 3.88. The summed E-state index contributed by atoms with van der Waals surface area (Å²) in [6.45, 7) is 2.31. The first-order valence-corrected chi connectivity index (χ1v) is 8.76. The highest BCUT2D eigenvalue weighted by atomic mass is 35.5. The first-order chi connectivity index (χ1) is 12.0. The molecule has 1 heterocycles. The molecular weight excluding hydrogens is 366 g/mol. The Morgan fingerprint density at radius 1 is 1.48 bits per heavy atom. The van der Waals surface area contributed by atoms with Gasteiger partial charge in [-0.1, -0.05) is 29.3 Å². The van der Waals surface area contributed by atoms with Crippen molar-refractivity contribution in [2.45, 2.75) is 32.5 Å². The normalized spacial score (nSPS) is 18.2. The fourth-order valence-electron chi connectivity index (χ4n) is 2.93. The smallest absolute Gasteiger partial charge is 0.331 e. The summed E-state index contributed by atoms with van der Waals surface area (Å²) in [6, 6.07) is 5.21. The lowest BCUT2D eigenvalue weighted by molar-refractivity contribution is -0.137. The van der Waals surface area contributed by atoms with Gasteiger partial charge in [0.1, 0.15) is 6.17 Å². The SMILES string of the molecule is CCOC(=O)/C=C1\c2c(cnn2Cc2ccc(Cl)cc2Cl)CCC1F. The van der Waals surface area contributed by atoms with E-state index >= 15 is 0 Å². The summed E-state index contributed by atoms with van der Waals surface area (Å²) in [5.74, 6) is -0.551. The monoisotopic (exact) mass is 382 g/mol. The van der Waals surface area contributed by atoms with Gasteiger partial charge in [-0.2, -0.15) is 5.10 Å². The fraction of sp³-hybridized carbons (Fsp3) is 0.333. The van der Waals surface area contributed by atoms with Gasteiger partial charge in [-0.15, -0.1) is 0 Å². The van der Waals surface area contributed by atoms with Crippen molar-refractivity contribution in [1.29, 1.82) is 0 Å². The minimum atomic E-state index is -1.23. The predicted molar refractivity (Wildman–Crippen MR) is 95.6 cm³/mol. The summed E-state index contributed by atoms with van der Waals surface area (Å²) in [4.78, 5) is 11.8. The van der Waals surface area contributed by atoms with Crippen LogP contribution in [0.4, 0.5) is 4.39 Å². The van der Waals surface area contributed by atoms with Crippen LogP contribution < -0.4 is 0 Å². The molecule has 3 rings (SSSR count). The second-order valence-corrected chi connectivity index (χ2v) is 6.61. The van der Waals surface area contributed by atoms with E-state index in [9.17, 15) is 9.18 Å². The lowest BCUT2D eigenvalue weighted by Gasteiger charge is -2.21. The number of benzene rings is 1. The summed E-state index contributed by atoms with van der Waals surface area (Å²) in [6.07, 6.45) is 2.61. The Balaban J connectivity index is 1.98. The van der Waals surface area contributed by atoms with E-state index in [2.05, 4.69) is 5.10 Å². The Bertz CT molecular complexity index is 832. The molecule has 0 radical (unpaired) electrons. The highest BCUT2D eigenvalue weighted by Crippen LogP contribution is 2.34. The van der Waals surface area contributed by atoms with Gasteiger partial charge in [0, 0.05) is 21.7 Å². The second-order valence-electron chi connectivity index (χ2n) is 5.77. The Morgan fingerprint density at radius 3 is 3.00 bits per heavy atom. The average Bonchev–Trinajstić information content (AvgIpc) is 2.96. The quantitative estimate of drug-likeness (QED) is 0.578. The Hall–Kier alpha value is -1.85. The van der Waals surface area contributed by atoms with Crippen LogP contribution in [-0.2, 0) is 22.5 Å². The van der Waals surface area contributed by atoms with Gasteiger partial charge in [0.15, 0.2) is 0 Å². The topological polar surface area (TPSA) is 44.1 Å². The molecule has 25 heavy (non-hydrogen) atoms. The zero-order valence-corrected chi connectivity index (χ0v) is 15.1. The molecule has 0 N–H and O–H groups in total. The standard InChI is InChI=1S/C18H17Cl2FN2O2/c1-2-25-17(24)8-14-16(21)6-4-11-9-22-23(18(11)14)10-12-3-5-13(19)7-15(12)20/h3,5,7-9,16H,2,4,6,10H2,1H3/b14-8-. The molecule has 0 saturated carbocycles. The van der Waals surface area contributed by atoms with Crippen LogP contribution in [0.3, 0.4) is 0 Å². The van der Waals surface area contributed by atoms with Crippen molar-refractivity contribution < 1.29 is 13.9 Å². The fourth-order valence-corrected chi connectivity index (χ4v) is 3.40. The molecule has 1 aliphatic rings. The number of hydrogen-bond acceptors (Lipinski definition) is 3. The van der Waals surface area contributed by atoms with Crippen LogP contribution >= 0.6 is 23.2 Å². The molecule has 7 heteroatoms. The summed E-state index contributed by atoms with van der Waals surface area (Å²) in [7, 11) is 0. The largest absolute Gasteiger partial charge is 0.463 e. The zero-order valence-electron chi connectivity index (χ0n) is 13.6. The first-order valence-electron chi connectivity index (χ1n) is 8.01. The van der Waals surface area contributed by atoms with Gasteiger partial charge < -0.3 is 4.74 Å². The minimum Gasteiger partial charge on any atom is -0.463 e. The van der Waals surface area contributed by atoms with Crippen molar-refractivity contribution in [2.24, 2.45) is 0 Å².